The molecule has 2 aromatic carbocycles. The Morgan fingerprint density at radius 3 is 1.78 bits per heavy atom. The number of carbonyl (C=O) groups excluding carboxylic acids is 4. The van der Waals surface area contributed by atoms with E-state index < -0.39 is 0 Å². The van der Waals surface area contributed by atoms with Crippen LogP contribution < -0.4 is 26.1 Å². The lowest BCUT2D eigenvalue weighted by atomic mass is 9.55. The van der Waals surface area contributed by atoms with Crippen molar-refractivity contribution in [3.63, 3.8) is 0 Å². The zero-order chi connectivity index (χ0) is 50.0. The van der Waals surface area contributed by atoms with Crippen molar-refractivity contribution >= 4 is 40.7 Å². The van der Waals surface area contributed by atoms with E-state index in [1.807, 2.05) is 48.8 Å². The summed E-state index contributed by atoms with van der Waals surface area (Å²) in [5.74, 6) is 3.51. The Morgan fingerprint density at radius 2 is 1.21 bits per heavy atom. The number of carbonyl (C=O) groups is 4. The SMILES string of the molecule is C[C@]12CC[C@@H]3c4ccc(O)cc4CC[C@H]3[C@@H]1CC/C2=N/NC(=O)Cn1ccc(=NC(=O)CCCCCCC(=O)[NH2+]c2cc[n+](CC(=O)N/N=C3/CC[C@H]4[C@@H]5CCc6cc(O)ccc6[C@H]5CC[C@]34C)cc2)cc1. The monoisotopic (exact) mass is 977 g/mol. The van der Waals surface area contributed by atoms with Gasteiger partial charge in [0.25, 0.3) is 5.91 Å². The minimum absolute atomic E-state index is 0.0102. The number of aryl methyl sites for hydroxylation is 2. The molecule has 0 unspecified atom stereocenters. The molecule has 2 heterocycles. The maximum Gasteiger partial charge on any atom is 0.315 e. The fourth-order valence-corrected chi connectivity index (χ4v) is 14.4. The molecule has 4 fully saturated rings. The number of hydrogen-bond acceptors (Lipinski definition) is 8. The van der Waals surface area contributed by atoms with Gasteiger partial charge in [0.1, 0.15) is 23.7 Å². The van der Waals surface area contributed by atoms with E-state index in [9.17, 15) is 29.4 Å². The Balaban J connectivity index is 0.595. The maximum atomic E-state index is 13.0. The number of primary amides is 1. The third-order valence-corrected chi connectivity index (χ3v) is 18.1. The fourth-order valence-electron chi connectivity index (χ4n) is 14.4. The lowest BCUT2D eigenvalue weighted by Crippen LogP contribution is -2.82. The minimum atomic E-state index is -0.196. The summed E-state index contributed by atoms with van der Waals surface area (Å²) in [4.78, 5) is 55.6. The van der Waals surface area contributed by atoms with Crippen LogP contribution in [0.4, 0.5) is 5.69 Å². The number of quaternary nitrogens is 1. The lowest BCUT2D eigenvalue weighted by molar-refractivity contribution is -0.685. The van der Waals surface area contributed by atoms with Crippen molar-refractivity contribution in [3.05, 3.63) is 113 Å². The Labute approximate surface area is 422 Å². The van der Waals surface area contributed by atoms with Gasteiger partial charge in [-0.05, 0) is 184 Å². The highest BCUT2D eigenvalue weighted by Crippen LogP contribution is 2.61. The quantitative estimate of drug-likeness (QED) is 0.0495. The molecule has 0 bridgehead atoms. The van der Waals surface area contributed by atoms with Gasteiger partial charge in [-0.3, -0.25) is 19.7 Å². The summed E-state index contributed by atoms with van der Waals surface area (Å²) in [6.07, 6.45) is 23.5. The predicted octanol–water partition coefficient (Wildman–Crippen LogP) is 7.43. The van der Waals surface area contributed by atoms with Gasteiger partial charge < -0.3 is 14.8 Å². The Bertz CT molecular complexity index is 2830. The molecule has 4 amide bonds. The van der Waals surface area contributed by atoms with E-state index in [-0.39, 0.29) is 47.5 Å². The average molecular weight is 977 g/mol. The van der Waals surface area contributed by atoms with Crippen molar-refractivity contribution < 1.29 is 39.3 Å². The number of aromatic hydroxyl groups is 2. The first-order chi connectivity index (χ1) is 34.8. The summed E-state index contributed by atoms with van der Waals surface area (Å²) in [6.45, 7) is 4.91. The summed E-state index contributed by atoms with van der Waals surface area (Å²) >= 11 is 0. The molecule has 72 heavy (non-hydrogen) atoms. The first kappa shape index (κ1) is 49.3. The number of hydrogen-bond donors (Lipinski definition) is 5. The number of nitrogens with two attached hydrogens (primary N) is 1. The van der Waals surface area contributed by atoms with Gasteiger partial charge in [0.2, 0.25) is 12.5 Å². The number of rotatable bonds is 14. The van der Waals surface area contributed by atoms with Crippen molar-refractivity contribution in [1.82, 2.24) is 15.4 Å². The van der Waals surface area contributed by atoms with Crippen LogP contribution in [0.3, 0.4) is 0 Å². The van der Waals surface area contributed by atoms with Gasteiger partial charge in [-0.15, -0.1) is 0 Å². The minimum Gasteiger partial charge on any atom is -0.508 e. The average Bonchev–Trinajstić information content (AvgIpc) is 3.90. The number of aromatic nitrogens is 2. The van der Waals surface area contributed by atoms with Gasteiger partial charge in [0.15, 0.2) is 12.4 Å². The number of nitrogens with one attached hydrogen (secondary N) is 2. The second-order valence-corrected chi connectivity index (χ2v) is 22.3. The standard InChI is InChI=1S/C58H70N8O6/c1-57-27-21-45-43-15-11-41(67)33-37(43)9-13-47(45)49(57)17-19-51(57)61-63-55(71)35-65-29-23-39(24-30-65)59-53(69)7-5-3-4-6-8-54(70)60-40-25-31-66(32-26-40)36-56(72)64-62-52-20-18-50-48-14-10-38-34-42(68)12-16-44(38)46(48)22-28-58(50,52)2/h11-12,15-16,23-26,29-34,45-50H,3-10,13-14,17-22,27-28,35-36H2,1-2H3,(H4,63,64,67,68,71,72)/p+2/b61-51-,62-52-/t45-,46-,47-,48-,49+,50+,57+,58+/m1/s1. The van der Waals surface area contributed by atoms with Crippen LogP contribution in [0.25, 0.3) is 0 Å². The second-order valence-electron chi connectivity index (χ2n) is 22.3. The molecule has 14 nitrogen and oxygen atoms in total. The van der Waals surface area contributed by atoms with Gasteiger partial charge in [0, 0.05) is 41.1 Å². The van der Waals surface area contributed by atoms with Crippen LogP contribution >= 0.6 is 0 Å². The number of fused-ring (bicyclic) bond motifs is 10. The molecule has 6 N–H and O–H groups in total. The van der Waals surface area contributed by atoms with Crippen LogP contribution in [0.5, 0.6) is 11.5 Å². The topological polar surface area (TPSA) is 195 Å². The summed E-state index contributed by atoms with van der Waals surface area (Å²) < 4.78 is 3.55. The normalized spacial score (nSPS) is 27.9. The molecule has 0 radical (unpaired) electrons. The third kappa shape index (κ3) is 10.5. The maximum absolute atomic E-state index is 13.0. The molecule has 6 aliphatic carbocycles. The molecule has 0 aliphatic heterocycles. The highest BCUT2D eigenvalue weighted by atomic mass is 16.3. The number of nitrogens with zero attached hydrogens (tertiary/aromatic N) is 5. The van der Waals surface area contributed by atoms with Crippen LogP contribution in [-0.2, 0) is 45.1 Å². The zero-order valence-electron chi connectivity index (χ0n) is 42.0. The molecule has 10 rings (SSSR count). The van der Waals surface area contributed by atoms with Crippen LogP contribution in [0.1, 0.15) is 151 Å². The summed E-state index contributed by atoms with van der Waals surface area (Å²) in [5, 5.41) is 31.7. The van der Waals surface area contributed by atoms with E-state index in [1.165, 1.54) is 22.3 Å². The first-order valence-corrected chi connectivity index (χ1v) is 26.8. The molecule has 0 spiro atoms. The van der Waals surface area contributed by atoms with E-state index in [4.69, 9.17) is 10.2 Å². The number of benzene rings is 2. The molecule has 4 aromatic rings. The molecule has 0 saturated heterocycles. The van der Waals surface area contributed by atoms with Crippen molar-refractivity contribution in [2.45, 2.75) is 154 Å². The number of pyridine rings is 2. The van der Waals surface area contributed by atoms with Crippen LogP contribution in [0, 0.1) is 34.5 Å². The largest absolute Gasteiger partial charge is 0.508 e. The second kappa shape index (κ2) is 21.1. The van der Waals surface area contributed by atoms with Gasteiger partial charge in [0.05, 0.1) is 23.9 Å². The van der Waals surface area contributed by atoms with Crippen molar-refractivity contribution in [2.75, 3.05) is 0 Å². The van der Waals surface area contributed by atoms with Gasteiger partial charge >= 0.3 is 11.8 Å². The Hall–Kier alpha value is -6.28. The molecule has 378 valence electrons. The van der Waals surface area contributed by atoms with E-state index >= 15 is 0 Å². The predicted molar refractivity (Wildman–Crippen MR) is 273 cm³/mol. The van der Waals surface area contributed by atoms with Crippen LogP contribution in [0.2, 0.25) is 0 Å². The first-order valence-electron chi connectivity index (χ1n) is 26.8. The van der Waals surface area contributed by atoms with Gasteiger partial charge in [-0.2, -0.15) is 14.8 Å². The van der Waals surface area contributed by atoms with Crippen molar-refractivity contribution in [2.24, 2.45) is 49.7 Å². The van der Waals surface area contributed by atoms with Crippen LogP contribution in [0.15, 0.2) is 101 Å². The molecular formula is C58H72N8O6+2. The van der Waals surface area contributed by atoms with E-state index in [1.54, 1.807) is 39.0 Å². The van der Waals surface area contributed by atoms with Gasteiger partial charge in [-0.1, -0.05) is 38.8 Å². The summed E-state index contributed by atoms with van der Waals surface area (Å²) in [7, 11) is 0. The molecule has 8 atom stereocenters. The lowest BCUT2D eigenvalue weighted by Gasteiger charge is -2.49. The molecule has 2 aromatic heterocycles. The number of phenols is 2. The van der Waals surface area contributed by atoms with E-state index in [0.717, 1.165) is 113 Å². The Morgan fingerprint density at radius 1 is 0.667 bits per heavy atom. The highest BCUT2D eigenvalue weighted by Gasteiger charge is 2.55. The Kier molecular flexibility index (Phi) is 14.4. The molecular weight excluding hydrogens is 905 g/mol. The van der Waals surface area contributed by atoms with Crippen molar-refractivity contribution in [3.8, 4) is 11.5 Å². The molecule has 4 saturated carbocycles. The number of hydrazone groups is 2. The fraction of sp³-hybridized carbons (Fsp3) is 0.517. The highest BCUT2D eigenvalue weighted by molar-refractivity contribution is 5.94. The van der Waals surface area contributed by atoms with Crippen LogP contribution in [-0.4, -0.2) is 49.8 Å². The number of unbranched alkanes of at least 4 members (excludes halogenated alkanes) is 3. The van der Waals surface area contributed by atoms with E-state index in [2.05, 4.69) is 41.8 Å². The molecule has 6 aliphatic rings. The number of phenolic OH excluding ortho intramolecular Hbond substituents is 2. The number of amides is 4. The summed E-state index contributed by atoms with van der Waals surface area (Å²) in [5.41, 5.74) is 14.1. The molecule has 14 heteroatoms. The van der Waals surface area contributed by atoms with E-state index in [0.29, 0.717) is 71.6 Å². The third-order valence-electron chi connectivity index (χ3n) is 18.1. The van der Waals surface area contributed by atoms with Gasteiger partial charge in [-0.25, -0.2) is 20.6 Å². The zero-order valence-corrected chi connectivity index (χ0v) is 42.0. The van der Waals surface area contributed by atoms with Crippen molar-refractivity contribution in [1.29, 1.82) is 0 Å². The summed E-state index contributed by atoms with van der Waals surface area (Å²) in [6, 6.07) is 19.0. The smallest absolute Gasteiger partial charge is 0.315 e.